The molecule has 0 aliphatic rings. The topological polar surface area (TPSA) is 85.4 Å². The molecule has 1 aromatic carbocycles. The molecule has 0 saturated heterocycles. The highest BCUT2D eigenvalue weighted by Crippen LogP contribution is 2.21. The normalized spacial score (nSPS) is 11.1. The Labute approximate surface area is 102 Å². The minimum atomic E-state index is -0.998. The Morgan fingerprint density at radius 2 is 2.22 bits per heavy atom. The van der Waals surface area contributed by atoms with Gasteiger partial charge in [0.15, 0.2) is 0 Å². The van der Waals surface area contributed by atoms with Crippen LogP contribution in [0, 0.1) is 10.1 Å². The van der Waals surface area contributed by atoms with Gasteiger partial charge in [0.25, 0.3) is 5.69 Å². The number of allylic oxidation sites excluding steroid dienone is 1. The largest absolute Gasteiger partial charge is 0.478 e. The molecular weight excluding hydrogens is 236 g/mol. The smallest absolute Gasteiger partial charge is 0.328 e. The number of benzene rings is 1. The van der Waals surface area contributed by atoms with Crippen molar-refractivity contribution in [3.63, 3.8) is 0 Å². The third-order valence-corrected chi connectivity index (χ3v) is 2.53. The predicted molar refractivity (Wildman–Crippen MR) is 65.4 cm³/mol. The fraction of sp³-hybridized carbons (Fsp3) is 0.0833. The summed E-state index contributed by atoms with van der Waals surface area (Å²) in [6.07, 6.45) is 4.35. The number of carbonyl (C=O) groups is 1. The first kappa shape index (κ1) is 11.8. The van der Waals surface area contributed by atoms with Gasteiger partial charge in [-0.3, -0.25) is 10.1 Å². The van der Waals surface area contributed by atoms with E-state index in [1.165, 1.54) is 18.2 Å². The number of hydrogen-bond acceptors (Lipinski definition) is 3. The van der Waals surface area contributed by atoms with E-state index >= 15 is 0 Å². The number of rotatable bonds is 4. The van der Waals surface area contributed by atoms with Crippen molar-refractivity contribution in [2.24, 2.45) is 0 Å². The monoisotopic (exact) mass is 246 g/mol. The van der Waals surface area contributed by atoms with Gasteiger partial charge in [0.1, 0.15) is 0 Å². The van der Waals surface area contributed by atoms with E-state index in [-0.39, 0.29) is 5.69 Å². The molecule has 92 valence electrons. The van der Waals surface area contributed by atoms with E-state index in [0.29, 0.717) is 6.54 Å². The molecule has 2 aromatic rings. The summed E-state index contributed by atoms with van der Waals surface area (Å²) in [4.78, 5) is 20.5. The number of nitrogens with zero attached hydrogens (tertiary/aromatic N) is 2. The van der Waals surface area contributed by atoms with Crippen molar-refractivity contribution in [3.05, 3.63) is 52.7 Å². The fourth-order valence-corrected chi connectivity index (χ4v) is 1.73. The van der Waals surface area contributed by atoms with Crippen LogP contribution in [0.1, 0.15) is 0 Å². The van der Waals surface area contributed by atoms with Gasteiger partial charge in [-0.05, 0) is 12.1 Å². The van der Waals surface area contributed by atoms with Crippen LogP contribution >= 0.6 is 0 Å². The molecule has 0 aliphatic heterocycles. The Bertz CT molecular complexity index is 643. The van der Waals surface area contributed by atoms with Crippen LogP contribution < -0.4 is 0 Å². The summed E-state index contributed by atoms with van der Waals surface area (Å²) < 4.78 is 1.82. The zero-order valence-corrected chi connectivity index (χ0v) is 9.31. The molecule has 0 aliphatic carbocycles. The van der Waals surface area contributed by atoms with Crippen LogP contribution in [0.15, 0.2) is 42.6 Å². The van der Waals surface area contributed by atoms with Crippen LogP contribution in [0.5, 0.6) is 0 Å². The minimum absolute atomic E-state index is 0.0429. The standard InChI is InChI=1S/C12H10N2O4/c15-12(16)2-1-6-13-7-5-9-8-10(14(17)18)3-4-11(9)13/h1-5,7-8H,6H2,(H,15,16)/b2-1+. The summed E-state index contributed by atoms with van der Waals surface area (Å²) >= 11 is 0. The maximum atomic E-state index is 10.6. The van der Waals surface area contributed by atoms with Gasteiger partial charge >= 0.3 is 5.97 Å². The van der Waals surface area contributed by atoms with Gasteiger partial charge in [-0.25, -0.2) is 4.79 Å². The predicted octanol–water partition coefficient (Wildman–Crippen LogP) is 2.19. The second kappa shape index (κ2) is 4.70. The quantitative estimate of drug-likeness (QED) is 0.509. The van der Waals surface area contributed by atoms with Gasteiger partial charge in [0.2, 0.25) is 0 Å². The van der Waals surface area contributed by atoms with Crippen molar-refractivity contribution in [2.45, 2.75) is 6.54 Å². The molecule has 0 atom stereocenters. The molecule has 0 saturated carbocycles. The van der Waals surface area contributed by atoms with Gasteiger partial charge in [0.05, 0.1) is 4.92 Å². The highest BCUT2D eigenvalue weighted by atomic mass is 16.6. The third-order valence-electron chi connectivity index (χ3n) is 2.53. The number of aliphatic carboxylic acids is 1. The third kappa shape index (κ3) is 2.37. The molecule has 1 aromatic heterocycles. The van der Waals surface area contributed by atoms with Crippen LogP contribution in [-0.4, -0.2) is 20.6 Å². The first-order valence-electron chi connectivity index (χ1n) is 5.20. The minimum Gasteiger partial charge on any atom is -0.478 e. The number of aromatic nitrogens is 1. The molecule has 1 heterocycles. The molecule has 0 amide bonds. The maximum Gasteiger partial charge on any atom is 0.328 e. The van der Waals surface area contributed by atoms with E-state index in [4.69, 9.17) is 5.11 Å². The summed E-state index contributed by atoms with van der Waals surface area (Å²) in [5.74, 6) is -0.998. The first-order chi connectivity index (χ1) is 8.58. The van der Waals surface area contributed by atoms with Crippen molar-refractivity contribution in [1.82, 2.24) is 4.57 Å². The highest BCUT2D eigenvalue weighted by Gasteiger charge is 2.07. The zero-order valence-electron chi connectivity index (χ0n) is 9.31. The first-order valence-corrected chi connectivity index (χ1v) is 5.20. The number of non-ortho nitro benzene ring substituents is 1. The molecular formula is C12H10N2O4. The Morgan fingerprint density at radius 3 is 2.89 bits per heavy atom. The van der Waals surface area contributed by atoms with E-state index in [2.05, 4.69) is 0 Å². The number of carboxylic acids is 1. The second-order valence-corrected chi connectivity index (χ2v) is 3.71. The molecule has 6 heteroatoms. The van der Waals surface area contributed by atoms with E-state index in [1.54, 1.807) is 18.3 Å². The molecule has 0 fully saturated rings. The van der Waals surface area contributed by atoms with Gasteiger partial charge in [-0.15, -0.1) is 0 Å². The Kier molecular flexibility index (Phi) is 3.09. The number of carboxylic acid groups (broad SMARTS) is 1. The molecule has 0 bridgehead atoms. The van der Waals surface area contributed by atoms with E-state index < -0.39 is 10.9 Å². The van der Waals surface area contributed by atoms with Crippen molar-refractivity contribution in [2.75, 3.05) is 0 Å². The second-order valence-electron chi connectivity index (χ2n) is 3.71. The lowest BCUT2D eigenvalue weighted by atomic mass is 10.2. The number of nitro benzene ring substituents is 1. The summed E-state index contributed by atoms with van der Waals surface area (Å²) in [6.45, 7) is 0.410. The molecule has 18 heavy (non-hydrogen) atoms. The summed E-state index contributed by atoms with van der Waals surface area (Å²) in [7, 11) is 0. The SMILES string of the molecule is O=C(O)/C=C/Cn1ccc2cc([N+](=O)[O-])ccc21. The summed E-state index contributed by atoms with van der Waals surface area (Å²) in [5, 5.41) is 19.9. The van der Waals surface area contributed by atoms with Gasteiger partial charge in [-0.2, -0.15) is 0 Å². The molecule has 0 spiro atoms. The van der Waals surface area contributed by atoms with Crippen LogP contribution in [0.3, 0.4) is 0 Å². The van der Waals surface area contributed by atoms with Gasteiger partial charge in [0, 0.05) is 41.9 Å². The Hall–Kier alpha value is -2.63. The lowest BCUT2D eigenvalue weighted by molar-refractivity contribution is -0.384. The Morgan fingerprint density at radius 1 is 1.44 bits per heavy atom. The average molecular weight is 246 g/mol. The van der Waals surface area contributed by atoms with Crippen LogP contribution in [0.2, 0.25) is 0 Å². The van der Waals surface area contributed by atoms with E-state index in [9.17, 15) is 14.9 Å². The van der Waals surface area contributed by atoms with Crippen LogP contribution in [0.25, 0.3) is 10.9 Å². The number of fused-ring (bicyclic) bond motifs is 1. The fourth-order valence-electron chi connectivity index (χ4n) is 1.73. The lowest BCUT2D eigenvalue weighted by Gasteiger charge is -2.00. The molecule has 6 nitrogen and oxygen atoms in total. The zero-order chi connectivity index (χ0) is 13.1. The van der Waals surface area contributed by atoms with Crippen molar-refractivity contribution >= 4 is 22.6 Å². The van der Waals surface area contributed by atoms with Crippen molar-refractivity contribution in [3.8, 4) is 0 Å². The summed E-state index contributed by atoms with van der Waals surface area (Å²) in [5.41, 5.74) is 0.872. The molecule has 0 unspecified atom stereocenters. The van der Waals surface area contributed by atoms with E-state index in [0.717, 1.165) is 17.0 Å². The molecule has 2 rings (SSSR count). The number of hydrogen-bond donors (Lipinski definition) is 1. The van der Waals surface area contributed by atoms with Crippen LogP contribution in [0.4, 0.5) is 5.69 Å². The highest BCUT2D eigenvalue weighted by molar-refractivity contribution is 5.83. The van der Waals surface area contributed by atoms with Crippen LogP contribution in [-0.2, 0) is 11.3 Å². The number of nitro groups is 1. The maximum absolute atomic E-state index is 10.6. The van der Waals surface area contributed by atoms with Gasteiger partial charge in [-0.1, -0.05) is 6.08 Å². The van der Waals surface area contributed by atoms with Crippen molar-refractivity contribution < 1.29 is 14.8 Å². The van der Waals surface area contributed by atoms with Gasteiger partial charge < -0.3 is 9.67 Å². The Balaban J connectivity index is 2.31. The lowest BCUT2D eigenvalue weighted by Crippen LogP contribution is -1.95. The summed E-state index contributed by atoms with van der Waals surface area (Å²) in [6, 6.07) is 6.34. The van der Waals surface area contributed by atoms with Crippen molar-refractivity contribution in [1.29, 1.82) is 0 Å². The molecule has 1 N–H and O–H groups in total. The average Bonchev–Trinajstić information content (AvgIpc) is 2.71. The molecule has 0 radical (unpaired) electrons. The van der Waals surface area contributed by atoms with E-state index in [1.807, 2.05) is 4.57 Å².